The Balaban J connectivity index is 1.99. The summed E-state index contributed by atoms with van der Waals surface area (Å²) in [6, 6.07) is 4.17. The molecule has 0 aliphatic carbocycles. The van der Waals surface area contributed by atoms with E-state index in [1.807, 2.05) is 7.05 Å². The zero-order chi connectivity index (χ0) is 16.6. The first-order valence-electron chi connectivity index (χ1n) is 7.33. The maximum Gasteiger partial charge on any atom is 0.326 e. The molecular formula is C14H18N4O4S. The zero-order valence-corrected chi connectivity index (χ0v) is 13.4. The summed E-state index contributed by atoms with van der Waals surface area (Å²) < 4.78 is 26.9. The minimum Gasteiger partial charge on any atom is -0.319 e. The number of sulfonamides is 1. The van der Waals surface area contributed by atoms with Gasteiger partial charge in [0.2, 0.25) is 10.0 Å². The number of hydrogen-bond donors (Lipinski definition) is 3. The van der Waals surface area contributed by atoms with Crippen LogP contribution in [0.3, 0.4) is 0 Å². The van der Waals surface area contributed by atoms with E-state index in [0.29, 0.717) is 18.6 Å². The quantitative estimate of drug-likeness (QED) is 0.692. The average molecular weight is 338 g/mol. The lowest BCUT2D eigenvalue weighted by Gasteiger charge is -2.17. The van der Waals surface area contributed by atoms with Gasteiger partial charge in [-0.2, -0.15) is 4.31 Å². The van der Waals surface area contributed by atoms with Crippen LogP contribution in [0.1, 0.15) is 6.42 Å². The molecule has 2 aromatic rings. The second-order valence-corrected chi connectivity index (χ2v) is 7.63. The average Bonchev–Trinajstić information content (AvgIpc) is 2.96. The fourth-order valence-electron chi connectivity index (χ4n) is 2.92. The van der Waals surface area contributed by atoms with Crippen LogP contribution < -0.4 is 16.6 Å². The lowest BCUT2D eigenvalue weighted by Crippen LogP contribution is -2.30. The van der Waals surface area contributed by atoms with Gasteiger partial charge in [0.25, 0.3) is 5.56 Å². The standard InChI is InChI=1S/C14H18N4O4S/c1-15-7-9-4-5-18(8-9)23(21,22)10-2-3-12-11(6-10)13(19)17-14(20)16-12/h2-3,6,9,15H,4-5,7-8H2,1H3,(H2,16,17,19,20). The number of aromatic nitrogens is 2. The maximum absolute atomic E-state index is 12.7. The number of hydrogen-bond acceptors (Lipinski definition) is 5. The molecule has 1 fully saturated rings. The smallest absolute Gasteiger partial charge is 0.319 e. The van der Waals surface area contributed by atoms with E-state index in [4.69, 9.17) is 0 Å². The van der Waals surface area contributed by atoms with E-state index < -0.39 is 21.3 Å². The van der Waals surface area contributed by atoms with Crippen molar-refractivity contribution in [3.63, 3.8) is 0 Å². The van der Waals surface area contributed by atoms with Crippen LogP contribution in [0.25, 0.3) is 10.9 Å². The van der Waals surface area contributed by atoms with Crippen molar-refractivity contribution in [2.75, 3.05) is 26.7 Å². The van der Waals surface area contributed by atoms with Gasteiger partial charge < -0.3 is 10.3 Å². The largest absolute Gasteiger partial charge is 0.326 e. The van der Waals surface area contributed by atoms with E-state index in [2.05, 4.69) is 15.3 Å². The summed E-state index contributed by atoms with van der Waals surface area (Å²) in [5.74, 6) is 0.287. The molecule has 124 valence electrons. The molecule has 2 heterocycles. The monoisotopic (exact) mass is 338 g/mol. The van der Waals surface area contributed by atoms with Crippen molar-refractivity contribution in [1.29, 1.82) is 0 Å². The summed E-state index contributed by atoms with van der Waals surface area (Å²) in [4.78, 5) is 27.7. The molecule has 9 heteroatoms. The van der Waals surface area contributed by atoms with Crippen molar-refractivity contribution < 1.29 is 8.42 Å². The van der Waals surface area contributed by atoms with Gasteiger partial charge in [0.15, 0.2) is 0 Å². The molecule has 1 atom stereocenters. The van der Waals surface area contributed by atoms with Gasteiger partial charge in [-0.15, -0.1) is 0 Å². The van der Waals surface area contributed by atoms with Gasteiger partial charge in [0.1, 0.15) is 0 Å². The van der Waals surface area contributed by atoms with Crippen LogP contribution in [0.5, 0.6) is 0 Å². The second kappa shape index (κ2) is 5.91. The van der Waals surface area contributed by atoms with Crippen LogP contribution in [-0.4, -0.2) is 49.4 Å². The number of nitrogens with one attached hydrogen (secondary N) is 3. The SMILES string of the molecule is CNCC1CCN(S(=O)(=O)c2ccc3[nH]c(=O)[nH]c(=O)c3c2)C1. The highest BCUT2D eigenvalue weighted by molar-refractivity contribution is 7.89. The highest BCUT2D eigenvalue weighted by Crippen LogP contribution is 2.25. The van der Waals surface area contributed by atoms with E-state index in [1.54, 1.807) is 0 Å². The summed E-state index contributed by atoms with van der Waals surface area (Å²) in [6.07, 6.45) is 0.807. The zero-order valence-electron chi connectivity index (χ0n) is 12.6. The Labute approximate surface area is 132 Å². The molecule has 3 rings (SSSR count). The molecule has 1 aliphatic heterocycles. The molecule has 0 spiro atoms. The van der Waals surface area contributed by atoms with Crippen molar-refractivity contribution in [2.45, 2.75) is 11.3 Å². The molecule has 1 unspecified atom stereocenters. The highest BCUT2D eigenvalue weighted by atomic mass is 32.2. The first kappa shape index (κ1) is 15.9. The van der Waals surface area contributed by atoms with Gasteiger partial charge >= 0.3 is 5.69 Å². The lowest BCUT2D eigenvalue weighted by molar-refractivity contribution is 0.451. The van der Waals surface area contributed by atoms with Gasteiger partial charge in [-0.1, -0.05) is 0 Å². The van der Waals surface area contributed by atoms with Crippen molar-refractivity contribution >= 4 is 20.9 Å². The Kier molecular flexibility index (Phi) is 4.09. The van der Waals surface area contributed by atoms with Crippen LogP contribution in [0, 0.1) is 5.92 Å². The summed E-state index contributed by atoms with van der Waals surface area (Å²) >= 11 is 0. The fraction of sp³-hybridized carbons (Fsp3) is 0.429. The Morgan fingerprint density at radius 3 is 2.83 bits per heavy atom. The van der Waals surface area contributed by atoms with E-state index in [9.17, 15) is 18.0 Å². The molecule has 0 amide bonds. The van der Waals surface area contributed by atoms with Gasteiger partial charge in [-0.25, -0.2) is 13.2 Å². The Hall–Kier alpha value is -1.97. The van der Waals surface area contributed by atoms with Gasteiger partial charge in [-0.05, 0) is 44.1 Å². The molecule has 0 saturated carbocycles. The third-order valence-electron chi connectivity index (χ3n) is 4.09. The highest BCUT2D eigenvalue weighted by Gasteiger charge is 2.32. The predicted molar refractivity (Wildman–Crippen MR) is 86.0 cm³/mol. The molecule has 1 saturated heterocycles. The van der Waals surface area contributed by atoms with Crippen molar-refractivity contribution in [1.82, 2.24) is 19.6 Å². The molecule has 0 radical (unpaired) electrons. The number of nitrogens with zero attached hydrogens (tertiary/aromatic N) is 1. The van der Waals surface area contributed by atoms with Crippen LogP contribution in [-0.2, 0) is 10.0 Å². The Morgan fingerprint density at radius 2 is 2.09 bits per heavy atom. The molecular weight excluding hydrogens is 320 g/mol. The molecule has 23 heavy (non-hydrogen) atoms. The van der Waals surface area contributed by atoms with Crippen LogP contribution >= 0.6 is 0 Å². The molecule has 8 nitrogen and oxygen atoms in total. The molecule has 3 N–H and O–H groups in total. The van der Waals surface area contributed by atoms with E-state index in [-0.39, 0.29) is 16.2 Å². The van der Waals surface area contributed by atoms with E-state index in [1.165, 1.54) is 22.5 Å². The van der Waals surface area contributed by atoms with Crippen LogP contribution in [0.4, 0.5) is 0 Å². The lowest BCUT2D eigenvalue weighted by atomic mass is 10.1. The molecule has 0 bridgehead atoms. The van der Waals surface area contributed by atoms with Crippen molar-refractivity contribution in [3.8, 4) is 0 Å². The first-order chi connectivity index (χ1) is 10.9. The minimum atomic E-state index is -3.65. The number of H-pyrrole nitrogens is 2. The normalized spacial score (nSPS) is 19.4. The van der Waals surface area contributed by atoms with Gasteiger partial charge in [-0.3, -0.25) is 9.78 Å². The van der Waals surface area contributed by atoms with E-state index >= 15 is 0 Å². The van der Waals surface area contributed by atoms with Crippen LogP contribution in [0.15, 0.2) is 32.7 Å². The molecule has 1 aliphatic rings. The summed E-state index contributed by atoms with van der Waals surface area (Å²) in [5.41, 5.74) is -0.907. The van der Waals surface area contributed by atoms with Crippen molar-refractivity contribution in [2.24, 2.45) is 5.92 Å². The topological polar surface area (TPSA) is 115 Å². The van der Waals surface area contributed by atoms with Gasteiger partial charge in [0.05, 0.1) is 15.8 Å². The summed E-state index contributed by atoms with van der Waals surface area (Å²) in [6.45, 7) is 1.70. The second-order valence-electron chi connectivity index (χ2n) is 5.69. The minimum absolute atomic E-state index is 0.0626. The third-order valence-corrected chi connectivity index (χ3v) is 5.95. The number of aromatic amines is 2. The fourth-order valence-corrected chi connectivity index (χ4v) is 4.48. The number of benzene rings is 1. The Morgan fingerprint density at radius 1 is 1.30 bits per heavy atom. The first-order valence-corrected chi connectivity index (χ1v) is 8.77. The van der Waals surface area contributed by atoms with E-state index in [0.717, 1.165) is 13.0 Å². The van der Waals surface area contributed by atoms with Crippen LogP contribution in [0.2, 0.25) is 0 Å². The van der Waals surface area contributed by atoms with Crippen molar-refractivity contribution in [3.05, 3.63) is 39.0 Å². The summed E-state index contributed by atoms with van der Waals surface area (Å²) in [5, 5.41) is 3.21. The molecule has 1 aromatic carbocycles. The maximum atomic E-state index is 12.7. The predicted octanol–water partition coefficient (Wildman–Crippen LogP) is -0.554. The van der Waals surface area contributed by atoms with Gasteiger partial charge in [0, 0.05) is 13.1 Å². The Bertz CT molecular complexity index is 947. The number of fused-ring (bicyclic) bond motifs is 1. The number of rotatable bonds is 4. The summed E-state index contributed by atoms with van der Waals surface area (Å²) in [7, 11) is -1.81. The third kappa shape index (κ3) is 2.94. The molecule has 1 aromatic heterocycles.